The van der Waals surface area contributed by atoms with E-state index in [0.717, 1.165) is 24.8 Å². The van der Waals surface area contributed by atoms with Crippen LogP contribution >= 0.6 is 10.7 Å². The van der Waals surface area contributed by atoms with Gasteiger partial charge in [-0.15, -0.1) is 0 Å². The molecule has 0 aromatic heterocycles. The van der Waals surface area contributed by atoms with Crippen molar-refractivity contribution in [1.82, 2.24) is 5.32 Å². The lowest BCUT2D eigenvalue weighted by Crippen LogP contribution is -2.32. The average Bonchev–Trinajstić information content (AvgIpc) is 2.37. The summed E-state index contributed by atoms with van der Waals surface area (Å²) in [5.74, 6) is -0.275. The van der Waals surface area contributed by atoms with Gasteiger partial charge in [0.05, 0.1) is 4.90 Å². The largest absolute Gasteiger partial charge is 0.350 e. The van der Waals surface area contributed by atoms with Crippen molar-refractivity contribution in [3.63, 3.8) is 0 Å². The molecule has 1 N–H and O–H groups in total. The van der Waals surface area contributed by atoms with Crippen LogP contribution in [-0.2, 0) is 9.05 Å². The molecule has 4 nitrogen and oxygen atoms in total. The molecular formula is C15H22ClNO3S. The number of hydrogen-bond donors (Lipinski definition) is 1. The maximum absolute atomic E-state index is 12.2. The number of carbonyl (C=O) groups excluding carboxylic acids is 1. The summed E-state index contributed by atoms with van der Waals surface area (Å²) in [4.78, 5) is 12.2. The van der Waals surface area contributed by atoms with Gasteiger partial charge in [0, 0.05) is 22.3 Å². The second-order valence-electron chi connectivity index (χ2n) is 5.37. The van der Waals surface area contributed by atoms with Crippen LogP contribution in [0.25, 0.3) is 0 Å². The molecule has 0 aliphatic heterocycles. The van der Waals surface area contributed by atoms with Gasteiger partial charge >= 0.3 is 0 Å². The van der Waals surface area contributed by atoms with Crippen LogP contribution in [0.15, 0.2) is 17.0 Å². The van der Waals surface area contributed by atoms with Crippen molar-refractivity contribution >= 4 is 25.6 Å². The number of aryl methyl sites for hydroxylation is 1. The van der Waals surface area contributed by atoms with Crippen molar-refractivity contribution in [2.75, 3.05) is 0 Å². The maximum atomic E-state index is 12.2. The fourth-order valence-electron chi connectivity index (χ4n) is 2.10. The standard InChI is InChI=1S/C15H22ClNO3S/c1-5-6-7-11(3)17-15(18)13-8-10(2)12(4)14(9-13)21(16,19)20/h8-9,11H,5-7H2,1-4H3,(H,17,18). The Morgan fingerprint density at radius 1 is 1.33 bits per heavy atom. The third-order valence-electron chi connectivity index (χ3n) is 3.51. The van der Waals surface area contributed by atoms with Gasteiger partial charge in [-0.3, -0.25) is 4.79 Å². The number of unbranched alkanes of at least 4 members (excludes halogenated alkanes) is 1. The lowest BCUT2D eigenvalue weighted by molar-refractivity contribution is 0.0937. The molecule has 0 bridgehead atoms. The molecular weight excluding hydrogens is 310 g/mol. The highest BCUT2D eigenvalue weighted by Gasteiger charge is 2.19. The third kappa shape index (κ3) is 5.00. The van der Waals surface area contributed by atoms with E-state index in [1.807, 2.05) is 6.92 Å². The van der Waals surface area contributed by atoms with E-state index in [1.54, 1.807) is 19.9 Å². The predicted octanol–water partition coefficient (Wildman–Crippen LogP) is 3.54. The zero-order valence-electron chi connectivity index (χ0n) is 12.9. The number of rotatable bonds is 6. The molecule has 1 amide bonds. The first-order valence-corrected chi connectivity index (χ1v) is 9.34. The summed E-state index contributed by atoms with van der Waals surface area (Å²) in [5.41, 5.74) is 1.62. The smallest absolute Gasteiger partial charge is 0.261 e. The molecule has 1 unspecified atom stereocenters. The topological polar surface area (TPSA) is 63.2 Å². The fraction of sp³-hybridized carbons (Fsp3) is 0.533. The van der Waals surface area contributed by atoms with Crippen molar-refractivity contribution in [3.05, 3.63) is 28.8 Å². The monoisotopic (exact) mass is 331 g/mol. The number of carbonyl (C=O) groups is 1. The molecule has 6 heteroatoms. The first-order chi connectivity index (χ1) is 9.66. The quantitative estimate of drug-likeness (QED) is 0.811. The van der Waals surface area contributed by atoms with Crippen molar-refractivity contribution in [3.8, 4) is 0 Å². The fourth-order valence-corrected chi connectivity index (χ4v) is 3.38. The molecule has 0 radical (unpaired) electrons. The van der Waals surface area contributed by atoms with Crippen LogP contribution in [0.5, 0.6) is 0 Å². The predicted molar refractivity (Wildman–Crippen MR) is 85.4 cm³/mol. The number of amides is 1. The molecule has 0 fully saturated rings. The van der Waals surface area contributed by atoms with Gasteiger partial charge in [0.1, 0.15) is 0 Å². The maximum Gasteiger partial charge on any atom is 0.261 e. The van der Waals surface area contributed by atoms with E-state index in [0.29, 0.717) is 11.1 Å². The van der Waals surface area contributed by atoms with Crippen LogP contribution in [0.4, 0.5) is 0 Å². The Labute approximate surface area is 131 Å². The Morgan fingerprint density at radius 3 is 2.48 bits per heavy atom. The van der Waals surface area contributed by atoms with Crippen molar-refractivity contribution < 1.29 is 13.2 Å². The number of nitrogens with one attached hydrogen (secondary N) is 1. The van der Waals surface area contributed by atoms with Crippen LogP contribution in [0.2, 0.25) is 0 Å². The van der Waals surface area contributed by atoms with Crippen LogP contribution in [0.1, 0.15) is 54.6 Å². The zero-order valence-corrected chi connectivity index (χ0v) is 14.4. The van der Waals surface area contributed by atoms with E-state index < -0.39 is 9.05 Å². The van der Waals surface area contributed by atoms with E-state index in [4.69, 9.17) is 10.7 Å². The highest BCUT2D eigenvalue weighted by atomic mass is 35.7. The lowest BCUT2D eigenvalue weighted by atomic mass is 10.0. The second kappa shape index (κ2) is 7.27. The molecule has 1 atom stereocenters. The van der Waals surface area contributed by atoms with Gasteiger partial charge in [0.15, 0.2) is 0 Å². The summed E-state index contributed by atoms with van der Waals surface area (Å²) in [6.45, 7) is 7.47. The summed E-state index contributed by atoms with van der Waals surface area (Å²) < 4.78 is 23.2. The van der Waals surface area contributed by atoms with Gasteiger partial charge in [0.2, 0.25) is 0 Å². The number of benzene rings is 1. The first-order valence-electron chi connectivity index (χ1n) is 7.03. The van der Waals surface area contributed by atoms with Crippen molar-refractivity contribution in [1.29, 1.82) is 0 Å². The van der Waals surface area contributed by atoms with Crippen molar-refractivity contribution in [2.24, 2.45) is 0 Å². The van der Waals surface area contributed by atoms with Crippen LogP contribution < -0.4 is 5.32 Å². The molecule has 0 aliphatic rings. The second-order valence-corrected chi connectivity index (χ2v) is 7.91. The summed E-state index contributed by atoms with van der Waals surface area (Å²) in [6, 6.07) is 3.07. The minimum absolute atomic E-state index is 0.00414. The summed E-state index contributed by atoms with van der Waals surface area (Å²) in [6.07, 6.45) is 3.00. The van der Waals surface area contributed by atoms with E-state index >= 15 is 0 Å². The van der Waals surface area contributed by atoms with Gasteiger partial charge in [-0.25, -0.2) is 8.42 Å². The normalized spacial score (nSPS) is 13.0. The van der Waals surface area contributed by atoms with Gasteiger partial charge in [0.25, 0.3) is 15.0 Å². The Kier molecular flexibility index (Phi) is 6.23. The van der Waals surface area contributed by atoms with E-state index in [2.05, 4.69) is 12.2 Å². The van der Waals surface area contributed by atoms with Crippen LogP contribution in [-0.4, -0.2) is 20.4 Å². The van der Waals surface area contributed by atoms with Crippen LogP contribution in [0.3, 0.4) is 0 Å². The molecule has 1 rings (SSSR count). The summed E-state index contributed by atoms with van der Waals surface area (Å²) in [7, 11) is 1.56. The Morgan fingerprint density at radius 2 is 1.95 bits per heavy atom. The van der Waals surface area contributed by atoms with E-state index in [9.17, 15) is 13.2 Å². The number of halogens is 1. The summed E-state index contributed by atoms with van der Waals surface area (Å²) >= 11 is 0. The van der Waals surface area contributed by atoms with Gasteiger partial charge in [-0.1, -0.05) is 19.8 Å². The molecule has 118 valence electrons. The van der Waals surface area contributed by atoms with Gasteiger partial charge in [-0.2, -0.15) is 0 Å². The SMILES string of the molecule is CCCCC(C)NC(=O)c1cc(C)c(C)c(S(=O)(=O)Cl)c1. The van der Waals surface area contributed by atoms with E-state index in [1.165, 1.54) is 6.07 Å². The Bertz CT molecular complexity index is 626. The van der Waals surface area contributed by atoms with Crippen molar-refractivity contribution in [2.45, 2.75) is 57.9 Å². The minimum Gasteiger partial charge on any atom is -0.350 e. The Balaban J connectivity index is 3.04. The molecule has 0 saturated carbocycles. The molecule has 0 saturated heterocycles. The molecule has 1 aromatic rings. The molecule has 0 aliphatic carbocycles. The first kappa shape index (κ1) is 18.0. The molecule has 21 heavy (non-hydrogen) atoms. The third-order valence-corrected chi connectivity index (χ3v) is 4.96. The van der Waals surface area contributed by atoms with Crippen LogP contribution in [0, 0.1) is 13.8 Å². The highest BCUT2D eigenvalue weighted by molar-refractivity contribution is 8.13. The zero-order chi connectivity index (χ0) is 16.2. The summed E-state index contributed by atoms with van der Waals surface area (Å²) in [5, 5.41) is 2.88. The lowest BCUT2D eigenvalue weighted by Gasteiger charge is -2.15. The Hall–Kier alpha value is -1.07. The van der Waals surface area contributed by atoms with Gasteiger partial charge in [-0.05, 0) is 50.5 Å². The average molecular weight is 332 g/mol. The molecule has 0 spiro atoms. The van der Waals surface area contributed by atoms with E-state index in [-0.39, 0.29) is 16.8 Å². The molecule has 1 aromatic carbocycles. The van der Waals surface area contributed by atoms with Gasteiger partial charge < -0.3 is 5.32 Å². The number of hydrogen-bond acceptors (Lipinski definition) is 3. The molecule has 0 heterocycles. The highest BCUT2D eigenvalue weighted by Crippen LogP contribution is 2.24. The minimum atomic E-state index is -3.86.